The monoisotopic (exact) mass is 319 g/mol. The van der Waals surface area contributed by atoms with Gasteiger partial charge in [-0.1, -0.05) is 48.5 Å². The second-order valence-electron chi connectivity index (χ2n) is 6.03. The van der Waals surface area contributed by atoms with Gasteiger partial charge < -0.3 is 0 Å². The summed E-state index contributed by atoms with van der Waals surface area (Å²) in [6.07, 6.45) is 2.08. The summed E-state index contributed by atoms with van der Waals surface area (Å²) in [5.41, 5.74) is 1.13. The second kappa shape index (κ2) is 5.92. The number of carbonyl (C=O) groups excluding carboxylic acids is 1. The molecule has 0 saturated heterocycles. The fraction of sp³-hybridized carbons (Fsp3) is 0.211. The minimum atomic E-state index is -0.257. The highest BCUT2D eigenvalue weighted by Gasteiger charge is 2.31. The molecule has 0 N–H and O–H groups in total. The van der Waals surface area contributed by atoms with Gasteiger partial charge in [0.15, 0.2) is 5.78 Å². The van der Waals surface area contributed by atoms with Gasteiger partial charge >= 0.3 is 5.69 Å². The molecule has 1 aromatic heterocycles. The first kappa shape index (κ1) is 14.6. The zero-order valence-corrected chi connectivity index (χ0v) is 13.1. The highest BCUT2D eigenvalue weighted by atomic mass is 16.2. The summed E-state index contributed by atoms with van der Waals surface area (Å²) >= 11 is 0. The second-order valence-corrected chi connectivity index (χ2v) is 6.03. The summed E-state index contributed by atoms with van der Waals surface area (Å²) in [5, 5.41) is 4.46. The van der Waals surface area contributed by atoms with Crippen LogP contribution in [0.1, 0.15) is 34.9 Å². The van der Waals surface area contributed by atoms with Crippen LogP contribution in [0.25, 0.3) is 5.69 Å². The van der Waals surface area contributed by atoms with Crippen molar-refractivity contribution in [3.8, 4) is 5.69 Å². The Kier molecular flexibility index (Phi) is 3.61. The summed E-state index contributed by atoms with van der Waals surface area (Å²) < 4.78 is 2.92. The van der Waals surface area contributed by atoms with E-state index in [1.54, 1.807) is 16.7 Å². The van der Waals surface area contributed by atoms with E-state index in [4.69, 9.17) is 0 Å². The van der Waals surface area contributed by atoms with Crippen LogP contribution < -0.4 is 5.69 Å². The van der Waals surface area contributed by atoms with Gasteiger partial charge in [-0.15, -0.1) is 0 Å². The summed E-state index contributed by atoms with van der Waals surface area (Å²) in [5.74, 6) is 0.954. The summed E-state index contributed by atoms with van der Waals surface area (Å²) in [6.45, 7) is -0.0393. The Balaban J connectivity index is 1.72. The molecule has 0 atom stereocenters. The third kappa shape index (κ3) is 2.69. The minimum Gasteiger partial charge on any atom is -0.292 e. The van der Waals surface area contributed by atoms with E-state index in [9.17, 15) is 9.59 Å². The number of benzene rings is 2. The summed E-state index contributed by atoms with van der Waals surface area (Å²) in [6, 6.07) is 18.5. The third-order valence-corrected chi connectivity index (χ3v) is 4.21. The van der Waals surface area contributed by atoms with E-state index in [0.717, 1.165) is 24.4 Å². The molecule has 1 aliphatic rings. The summed E-state index contributed by atoms with van der Waals surface area (Å²) in [4.78, 5) is 25.2. The van der Waals surface area contributed by atoms with Crippen LogP contribution >= 0.6 is 0 Å². The molecule has 120 valence electrons. The number of hydrogen-bond acceptors (Lipinski definition) is 3. The van der Waals surface area contributed by atoms with Crippen molar-refractivity contribution in [3.63, 3.8) is 0 Å². The fourth-order valence-electron chi connectivity index (χ4n) is 2.80. The highest BCUT2D eigenvalue weighted by Crippen LogP contribution is 2.39. The molecule has 5 heteroatoms. The van der Waals surface area contributed by atoms with Crippen molar-refractivity contribution in [1.29, 1.82) is 0 Å². The van der Waals surface area contributed by atoms with Crippen LogP contribution in [-0.2, 0) is 6.54 Å². The Hall–Kier alpha value is -2.95. The van der Waals surface area contributed by atoms with Crippen LogP contribution in [0.2, 0.25) is 0 Å². The topological polar surface area (TPSA) is 56.9 Å². The van der Waals surface area contributed by atoms with Gasteiger partial charge in [0.25, 0.3) is 0 Å². The van der Waals surface area contributed by atoms with Crippen LogP contribution in [0.4, 0.5) is 0 Å². The lowest BCUT2D eigenvalue weighted by Crippen LogP contribution is -2.27. The zero-order valence-electron chi connectivity index (χ0n) is 13.1. The normalized spacial score (nSPS) is 13.8. The van der Waals surface area contributed by atoms with E-state index >= 15 is 0 Å². The lowest BCUT2D eigenvalue weighted by molar-refractivity contribution is 0.0966. The van der Waals surface area contributed by atoms with Gasteiger partial charge in [0.05, 0.1) is 5.69 Å². The fourth-order valence-corrected chi connectivity index (χ4v) is 2.80. The average Bonchev–Trinajstić information content (AvgIpc) is 3.42. The third-order valence-electron chi connectivity index (χ3n) is 4.21. The lowest BCUT2D eigenvalue weighted by Gasteiger charge is -2.03. The molecule has 2 aromatic carbocycles. The van der Waals surface area contributed by atoms with Crippen LogP contribution in [-0.4, -0.2) is 20.1 Å². The van der Waals surface area contributed by atoms with Gasteiger partial charge in [-0.2, -0.15) is 5.10 Å². The molecule has 0 amide bonds. The van der Waals surface area contributed by atoms with Crippen molar-refractivity contribution >= 4 is 5.78 Å². The maximum absolute atomic E-state index is 12.8. The maximum atomic E-state index is 12.8. The van der Waals surface area contributed by atoms with Crippen molar-refractivity contribution < 1.29 is 4.79 Å². The van der Waals surface area contributed by atoms with Crippen molar-refractivity contribution in [2.24, 2.45) is 0 Å². The van der Waals surface area contributed by atoms with Gasteiger partial charge in [0, 0.05) is 11.5 Å². The molecule has 1 fully saturated rings. The Morgan fingerprint density at radius 2 is 1.62 bits per heavy atom. The smallest absolute Gasteiger partial charge is 0.292 e. The molecule has 24 heavy (non-hydrogen) atoms. The zero-order chi connectivity index (χ0) is 16.5. The van der Waals surface area contributed by atoms with E-state index in [0.29, 0.717) is 11.5 Å². The van der Waals surface area contributed by atoms with E-state index in [-0.39, 0.29) is 18.0 Å². The number of para-hydroxylation sites is 1. The number of aromatic nitrogens is 3. The predicted molar refractivity (Wildman–Crippen MR) is 90.6 cm³/mol. The molecular formula is C19H17N3O2. The maximum Gasteiger partial charge on any atom is 0.351 e. The molecule has 3 aromatic rings. The first-order chi connectivity index (χ1) is 11.7. The first-order valence-corrected chi connectivity index (χ1v) is 8.07. The number of carbonyl (C=O) groups is 1. The number of Topliss-reactive ketones (excluding diaryl/α,β-unsaturated/α-hetero) is 1. The Labute approximate surface area is 139 Å². The SMILES string of the molecule is O=C(Cn1nc(C2CC2)n(-c2ccccc2)c1=O)c1ccccc1. The largest absolute Gasteiger partial charge is 0.351 e. The highest BCUT2D eigenvalue weighted by molar-refractivity contribution is 5.95. The number of nitrogens with zero attached hydrogens (tertiary/aromatic N) is 3. The Morgan fingerprint density at radius 3 is 2.25 bits per heavy atom. The van der Waals surface area contributed by atoms with E-state index in [1.807, 2.05) is 48.5 Å². The molecule has 4 rings (SSSR count). The molecule has 5 nitrogen and oxygen atoms in total. The number of hydrogen-bond donors (Lipinski definition) is 0. The van der Waals surface area contributed by atoms with Gasteiger partial charge in [-0.3, -0.25) is 4.79 Å². The van der Waals surface area contributed by atoms with Crippen molar-refractivity contribution in [3.05, 3.63) is 82.5 Å². The number of rotatable bonds is 5. The van der Waals surface area contributed by atoms with Gasteiger partial charge in [0.2, 0.25) is 0 Å². The Bertz CT molecular complexity index is 922. The van der Waals surface area contributed by atoms with Gasteiger partial charge in [0.1, 0.15) is 12.4 Å². The quantitative estimate of drug-likeness (QED) is 0.680. The molecule has 0 unspecified atom stereocenters. The molecule has 0 bridgehead atoms. The number of ketones is 1. The van der Waals surface area contributed by atoms with Crippen molar-refractivity contribution in [2.45, 2.75) is 25.3 Å². The van der Waals surface area contributed by atoms with E-state index in [1.165, 1.54) is 4.68 Å². The molecule has 1 heterocycles. The van der Waals surface area contributed by atoms with Gasteiger partial charge in [-0.05, 0) is 25.0 Å². The predicted octanol–water partition coefficient (Wildman–Crippen LogP) is 2.79. The van der Waals surface area contributed by atoms with Crippen LogP contribution in [0.5, 0.6) is 0 Å². The van der Waals surface area contributed by atoms with Crippen molar-refractivity contribution in [1.82, 2.24) is 14.3 Å². The minimum absolute atomic E-state index is 0.0393. The first-order valence-electron chi connectivity index (χ1n) is 8.07. The molecular weight excluding hydrogens is 302 g/mol. The van der Waals surface area contributed by atoms with Crippen LogP contribution in [0.15, 0.2) is 65.5 Å². The Morgan fingerprint density at radius 1 is 1.00 bits per heavy atom. The summed E-state index contributed by atoms with van der Waals surface area (Å²) in [7, 11) is 0. The van der Waals surface area contributed by atoms with Crippen LogP contribution in [0.3, 0.4) is 0 Å². The molecule has 1 saturated carbocycles. The van der Waals surface area contributed by atoms with Gasteiger partial charge in [-0.25, -0.2) is 14.0 Å². The average molecular weight is 319 g/mol. The molecule has 1 aliphatic carbocycles. The van der Waals surface area contributed by atoms with Crippen LogP contribution in [0, 0.1) is 0 Å². The lowest BCUT2D eigenvalue weighted by atomic mass is 10.1. The molecule has 0 radical (unpaired) electrons. The molecule has 0 aliphatic heterocycles. The van der Waals surface area contributed by atoms with Crippen molar-refractivity contribution in [2.75, 3.05) is 0 Å². The molecule has 0 spiro atoms. The standard InChI is InChI=1S/C19H17N3O2/c23-17(14-7-3-1-4-8-14)13-21-19(24)22(16-9-5-2-6-10-16)18(20-21)15-11-12-15/h1-10,15H,11-13H2. The van der Waals surface area contributed by atoms with E-state index in [2.05, 4.69) is 5.10 Å². The van der Waals surface area contributed by atoms with E-state index < -0.39 is 0 Å².